The van der Waals surface area contributed by atoms with Crippen LogP contribution in [0, 0.1) is 6.92 Å². The number of rotatable bonds is 4. The first-order valence-electron chi connectivity index (χ1n) is 5.76. The van der Waals surface area contributed by atoms with Crippen molar-refractivity contribution in [3.63, 3.8) is 0 Å². The van der Waals surface area contributed by atoms with E-state index in [0.29, 0.717) is 12.1 Å². The third-order valence-corrected chi connectivity index (χ3v) is 4.55. The van der Waals surface area contributed by atoms with E-state index in [-0.39, 0.29) is 0 Å². The third kappa shape index (κ3) is 3.16. The molecule has 0 radical (unpaired) electrons. The van der Waals surface area contributed by atoms with Gasteiger partial charge in [0.2, 0.25) is 0 Å². The van der Waals surface area contributed by atoms with Crippen molar-refractivity contribution in [2.24, 2.45) is 0 Å². The van der Waals surface area contributed by atoms with E-state index in [1.807, 2.05) is 30.3 Å². The van der Waals surface area contributed by atoms with Gasteiger partial charge in [-0.1, -0.05) is 12.1 Å². The van der Waals surface area contributed by atoms with E-state index in [0.717, 1.165) is 15.7 Å². The standard InChI is InChI=1S/C14H14BrNO2S/c1-9-4-3-5-12(14(17)18)13(9)16(2)7-11-6-10(15)8-19-11/h3-6,8H,7H2,1-2H3,(H,17,18). The van der Waals surface area contributed by atoms with Crippen LogP contribution in [0.1, 0.15) is 20.8 Å². The number of hydrogen-bond donors (Lipinski definition) is 1. The molecule has 0 aliphatic rings. The van der Waals surface area contributed by atoms with Crippen molar-refractivity contribution >= 4 is 38.9 Å². The fourth-order valence-corrected chi connectivity index (χ4v) is 3.59. The summed E-state index contributed by atoms with van der Waals surface area (Å²) in [6.07, 6.45) is 0. The molecular formula is C14H14BrNO2S. The summed E-state index contributed by atoms with van der Waals surface area (Å²) in [5.41, 5.74) is 2.09. The lowest BCUT2D eigenvalue weighted by molar-refractivity contribution is 0.0697. The number of carboxylic acid groups (broad SMARTS) is 1. The van der Waals surface area contributed by atoms with Crippen LogP contribution in [0.15, 0.2) is 34.1 Å². The molecule has 0 unspecified atom stereocenters. The zero-order valence-corrected chi connectivity index (χ0v) is 13.1. The van der Waals surface area contributed by atoms with E-state index in [1.165, 1.54) is 4.88 Å². The van der Waals surface area contributed by atoms with Gasteiger partial charge in [0.05, 0.1) is 17.8 Å². The highest BCUT2D eigenvalue weighted by Gasteiger charge is 2.16. The Labute approximate surface area is 124 Å². The van der Waals surface area contributed by atoms with Crippen molar-refractivity contribution in [2.75, 3.05) is 11.9 Å². The highest BCUT2D eigenvalue weighted by atomic mass is 79.9. The fraction of sp³-hybridized carbons (Fsp3) is 0.214. The second kappa shape index (κ2) is 5.75. The average Bonchev–Trinajstić information content (AvgIpc) is 2.74. The molecule has 2 aromatic rings. The highest BCUT2D eigenvalue weighted by molar-refractivity contribution is 9.10. The minimum atomic E-state index is -0.891. The summed E-state index contributed by atoms with van der Waals surface area (Å²) >= 11 is 5.08. The molecule has 0 saturated heterocycles. The van der Waals surface area contributed by atoms with Gasteiger partial charge < -0.3 is 10.0 Å². The van der Waals surface area contributed by atoms with E-state index in [2.05, 4.69) is 22.0 Å². The molecule has 19 heavy (non-hydrogen) atoms. The maximum absolute atomic E-state index is 11.3. The lowest BCUT2D eigenvalue weighted by atomic mass is 10.1. The van der Waals surface area contributed by atoms with Gasteiger partial charge in [-0.25, -0.2) is 4.79 Å². The molecule has 0 amide bonds. The maximum Gasteiger partial charge on any atom is 0.337 e. The first kappa shape index (κ1) is 14.1. The molecule has 1 aromatic heterocycles. The molecule has 0 fully saturated rings. The van der Waals surface area contributed by atoms with Crippen LogP contribution in [0.5, 0.6) is 0 Å². The smallest absolute Gasteiger partial charge is 0.337 e. The Morgan fingerprint density at radius 3 is 2.79 bits per heavy atom. The van der Waals surface area contributed by atoms with Gasteiger partial charge in [0, 0.05) is 21.8 Å². The molecule has 0 saturated carbocycles. The van der Waals surface area contributed by atoms with Crippen LogP contribution in [-0.2, 0) is 6.54 Å². The Hall–Kier alpha value is -1.33. The van der Waals surface area contributed by atoms with E-state index in [1.54, 1.807) is 23.5 Å². The first-order chi connectivity index (χ1) is 8.99. The van der Waals surface area contributed by atoms with Crippen molar-refractivity contribution in [2.45, 2.75) is 13.5 Å². The number of carbonyl (C=O) groups is 1. The molecule has 0 bridgehead atoms. The Bertz CT molecular complexity index is 609. The van der Waals surface area contributed by atoms with Crippen LogP contribution in [-0.4, -0.2) is 18.1 Å². The van der Waals surface area contributed by atoms with Crippen molar-refractivity contribution in [1.29, 1.82) is 0 Å². The summed E-state index contributed by atoms with van der Waals surface area (Å²) in [4.78, 5) is 14.5. The maximum atomic E-state index is 11.3. The monoisotopic (exact) mass is 339 g/mol. The van der Waals surface area contributed by atoms with Crippen molar-refractivity contribution in [3.05, 3.63) is 50.1 Å². The van der Waals surface area contributed by atoms with Gasteiger partial charge >= 0.3 is 5.97 Å². The number of anilines is 1. The summed E-state index contributed by atoms with van der Waals surface area (Å²) in [6, 6.07) is 7.41. The minimum Gasteiger partial charge on any atom is -0.478 e. The number of para-hydroxylation sites is 1. The summed E-state index contributed by atoms with van der Waals surface area (Å²) < 4.78 is 1.06. The van der Waals surface area contributed by atoms with E-state index in [9.17, 15) is 9.90 Å². The Morgan fingerprint density at radius 1 is 1.47 bits per heavy atom. The van der Waals surface area contributed by atoms with Gasteiger partial charge in [0.25, 0.3) is 0 Å². The van der Waals surface area contributed by atoms with Crippen molar-refractivity contribution < 1.29 is 9.90 Å². The second-order valence-corrected chi connectivity index (χ2v) is 6.27. The lowest BCUT2D eigenvalue weighted by Gasteiger charge is -2.22. The van der Waals surface area contributed by atoms with Crippen LogP contribution in [0.25, 0.3) is 0 Å². The molecule has 0 aliphatic heterocycles. The number of nitrogens with zero attached hydrogens (tertiary/aromatic N) is 1. The van der Waals surface area contributed by atoms with Crippen LogP contribution in [0.2, 0.25) is 0 Å². The van der Waals surface area contributed by atoms with E-state index in [4.69, 9.17) is 0 Å². The van der Waals surface area contributed by atoms with E-state index < -0.39 is 5.97 Å². The fourth-order valence-electron chi connectivity index (χ4n) is 2.09. The van der Waals surface area contributed by atoms with Crippen LogP contribution in [0.4, 0.5) is 5.69 Å². The molecule has 1 heterocycles. The quantitative estimate of drug-likeness (QED) is 0.909. The largest absolute Gasteiger partial charge is 0.478 e. The number of halogens is 1. The number of aromatic carboxylic acids is 1. The number of hydrogen-bond acceptors (Lipinski definition) is 3. The van der Waals surface area contributed by atoms with Crippen LogP contribution >= 0.6 is 27.3 Å². The van der Waals surface area contributed by atoms with Gasteiger partial charge in [-0.2, -0.15) is 0 Å². The SMILES string of the molecule is Cc1cccc(C(=O)O)c1N(C)Cc1cc(Br)cs1. The molecule has 100 valence electrons. The molecule has 1 aromatic carbocycles. The van der Waals surface area contributed by atoms with Gasteiger partial charge in [-0.15, -0.1) is 11.3 Å². The Morgan fingerprint density at radius 2 is 2.21 bits per heavy atom. The summed E-state index contributed by atoms with van der Waals surface area (Å²) in [6.45, 7) is 2.63. The van der Waals surface area contributed by atoms with Crippen LogP contribution < -0.4 is 4.90 Å². The molecule has 0 atom stereocenters. The molecular weight excluding hydrogens is 326 g/mol. The third-order valence-electron chi connectivity index (χ3n) is 2.86. The number of aryl methyl sites for hydroxylation is 1. The molecule has 3 nitrogen and oxygen atoms in total. The van der Waals surface area contributed by atoms with E-state index >= 15 is 0 Å². The first-order valence-corrected chi connectivity index (χ1v) is 7.43. The molecule has 1 N–H and O–H groups in total. The van der Waals surface area contributed by atoms with Crippen molar-refractivity contribution in [1.82, 2.24) is 0 Å². The number of thiophene rings is 1. The number of carboxylic acids is 1. The predicted octanol–water partition coefficient (Wildman–Crippen LogP) is 4.15. The normalized spacial score (nSPS) is 10.5. The Kier molecular flexibility index (Phi) is 4.27. The predicted molar refractivity (Wildman–Crippen MR) is 82.3 cm³/mol. The van der Waals surface area contributed by atoms with Crippen LogP contribution in [0.3, 0.4) is 0 Å². The minimum absolute atomic E-state index is 0.345. The molecule has 0 spiro atoms. The number of benzene rings is 1. The van der Waals surface area contributed by atoms with Gasteiger partial charge in [-0.05, 0) is 40.5 Å². The topological polar surface area (TPSA) is 40.5 Å². The highest BCUT2D eigenvalue weighted by Crippen LogP contribution is 2.28. The molecule has 5 heteroatoms. The zero-order valence-electron chi connectivity index (χ0n) is 10.7. The van der Waals surface area contributed by atoms with Crippen molar-refractivity contribution in [3.8, 4) is 0 Å². The van der Waals surface area contributed by atoms with Gasteiger partial charge in [0.15, 0.2) is 0 Å². The zero-order chi connectivity index (χ0) is 14.0. The van der Waals surface area contributed by atoms with Gasteiger partial charge in [0.1, 0.15) is 0 Å². The second-order valence-electron chi connectivity index (χ2n) is 4.36. The van der Waals surface area contributed by atoms with Gasteiger partial charge in [-0.3, -0.25) is 0 Å². The molecule has 2 rings (SSSR count). The summed E-state index contributed by atoms with van der Waals surface area (Å²) in [5.74, 6) is -0.891. The Balaban J connectivity index is 2.32. The molecule has 0 aliphatic carbocycles. The summed E-state index contributed by atoms with van der Waals surface area (Å²) in [7, 11) is 1.92. The summed E-state index contributed by atoms with van der Waals surface area (Å²) in [5, 5.41) is 11.3. The average molecular weight is 340 g/mol. The lowest BCUT2D eigenvalue weighted by Crippen LogP contribution is -2.20.